The number of carbonyl (C=O) groups is 1. The average molecular weight is 439 g/mol. The summed E-state index contributed by atoms with van der Waals surface area (Å²) in [5.74, 6) is -0.118. The van der Waals surface area contributed by atoms with E-state index >= 15 is 0 Å². The third-order valence-electron chi connectivity index (χ3n) is 4.87. The number of phenols is 1. The Morgan fingerprint density at radius 3 is 2.62 bits per heavy atom. The Kier molecular flexibility index (Phi) is 5.31. The van der Waals surface area contributed by atoms with E-state index in [4.69, 9.17) is 4.42 Å². The molecule has 0 bridgehead atoms. The zero-order valence-electron chi connectivity index (χ0n) is 16.7. The first-order valence-electron chi connectivity index (χ1n) is 9.84. The van der Waals surface area contributed by atoms with Gasteiger partial charge in [-0.1, -0.05) is 42.5 Å². The van der Waals surface area contributed by atoms with E-state index in [2.05, 4.69) is 15.5 Å². The van der Waals surface area contributed by atoms with Crippen LogP contribution in [0, 0.1) is 0 Å². The predicted octanol–water partition coefficient (Wildman–Crippen LogP) is 5.60. The predicted molar refractivity (Wildman–Crippen MR) is 125 cm³/mol. The summed E-state index contributed by atoms with van der Waals surface area (Å²) in [7, 11) is 0. The molecule has 5 aromatic rings. The van der Waals surface area contributed by atoms with Gasteiger partial charge < -0.3 is 9.52 Å². The molecule has 7 heteroatoms. The number of nitrogens with one attached hydrogen (secondary N) is 1. The summed E-state index contributed by atoms with van der Waals surface area (Å²) in [6.07, 6.45) is 3.18. The van der Waals surface area contributed by atoms with Crippen LogP contribution in [0.2, 0.25) is 0 Å². The molecule has 32 heavy (non-hydrogen) atoms. The molecule has 1 amide bonds. The molecule has 0 aliphatic carbocycles. The van der Waals surface area contributed by atoms with Crippen LogP contribution < -0.4 is 5.43 Å². The van der Waals surface area contributed by atoms with Crippen molar-refractivity contribution in [1.29, 1.82) is 0 Å². The van der Waals surface area contributed by atoms with Gasteiger partial charge in [0.25, 0.3) is 5.91 Å². The summed E-state index contributed by atoms with van der Waals surface area (Å²) in [5.41, 5.74) is 3.49. The molecule has 0 spiro atoms. The van der Waals surface area contributed by atoms with Crippen LogP contribution in [0.1, 0.15) is 16.1 Å². The molecule has 6 nitrogen and oxygen atoms in total. The number of nitrogens with zero attached hydrogens (tertiary/aromatic N) is 2. The highest BCUT2D eigenvalue weighted by Gasteiger charge is 2.12. The number of furan rings is 1. The largest absolute Gasteiger partial charge is 0.507 e. The number of carbonyl (C=O) groups excluding carboxylic acids is 1. The van der Waals surface area contributed by atoms with Crippen LogP contribution in [0.4, 0.5) is 0 Å². The van der Waals surface area contributed by atoms with Crippen LogP contribution in [0.25, 0.3) is 21.7 Å². The quantitative estimate of drug-likeness (QED) is 0.275. The molecule has 2 aromatic heterocycles. The Morgan fingerprint density at radius 1 is 0.969 bits per heavy atom. The molecular weight excluding hydrogens is 422 g/mol. The molecule has 3 aromatic carbocycles. The minimum Gasteiger partial charge on any atom is -0.507 e. The molecule has 2 N–H and O–H groups in total. The Bertz CT molecular complexity index is 1470. The summed E-state index contributed by atoms with van der Waals surface area (Å²) in [6.45, 7) is 0. The SMILES string of the molecule is O=C(N/N=C\c1ccc(Sc2cccc3cccnc23)o1)c1cc2ccccc2cc1O. The molecule has 5 rings (SSSR count). The van der Waals surface area contributed by atoms with Gasteiger partial charge in [0.2, 0.25) is 0 Å². The molecule has 0 atom stereocenters. The standard InChI is InChI=1S/C25H17N3O3S/c29-21-14-18-6-2-1-5-17(18)13-20(21)25(30)28-27-15-19-10-11-23(31-19)32-22-9-3-7-16-8-4-12-26-24(16)22/h1-15,29H,(H,28,30)/b27-15-. The molecule has 2 heterocycles. The second-order valence-corrected chi connectivity index (χ2v) is 8.05. The highest BCUT2D eigenvalue weighted by atomic mass is 32.2. The molecule has 0 aliphatic rings. The van der Waals surface area contributed by atoms with Gasteiger partial charge in [0.05, 0.1) is 17.3 Å². The minimum atomic E-state index is -0.507. The van der Waals surface area contributed by atoms with Crippen molar-refractivity contribution in [1.82, 2.24) is 10.4 Å². The summed E-state index contributed by atoms with van der Waals surface area (Å²) in [5, 5.41) is 17.6. The second kappa shape index (κ2) is 8.56. The van der Waals surface area contributed by atoms with Crippen LogP contribution >= 0.6 is 11.8 Å². The van der Waals surface area contributed by atoms with Gasteiger partial charge >= 0.3 is 0 Å². The third kappa shape index (κ3) is 4.06. The topological polar surface area (TPSA) is 87.7 Å². The number of pyridine rings is 1. The zero-order valence-corrected chi connectivity index (χ0v) is 17.5. The number of aromatic hydroxyl groups is 1. The molecule has 0 unspecified atom stereocenters. The van der Waals surface area contributed by atoms with Crippen LogP contribution in [0.5, 0.6) is 5.75 Å². The smallest absolute Gasteiger partial charge is 0.275 e. The number of rotatable bonds is 5. The second-order valence-electron chi connectivity index (χ2n) is 7.01. The van der Waals surface area contributed by atoms with Crippen molar-refractivity contribution in [2.24, 2.45) is 5.10 Å². The molecule has 0 aliphatic heterocycles. The van der Waals surface area contributed by atoms with Crippen LogP contribution in [-0.4, -0.2) is 22.2 Å². The number of hydrogen-bond donors (Lipinski definition) is 2. The van der Waals surface area contributed by atoms with Gasteiger partial charge in [-0.3, -0.25) is 9.78 Å². The average Bonchev–Trinajstić information content (AvgIpc) is 3.26. The van der Waals surface area contributed by atoms with Crippen molar-refractivity contribution >= 4 is 45.6 Å². The van der Waals surface area contributed by atoms with E-state index in [9.17, 15) is 9.90 Å². The maximum Gasteiger partial charge on any atom is 0.275 e. The van der Waals surface area contributed by atoms with Gasteiger partial charge in [-0.2, -0.15) is 5.10 Å². The third-order valence-corrected chi connectivity index (χ3v) is 5.84. The lowest BCUT2D eigenvalue weighted by Crippen LogP contribution is -2.17. The first-order valence-corrected chi connectivity index (χ1v) is 10.7. The molecule has 156 valence electrons. The van der Waals surface area contributed by atoms with E-state index in [1.165, 1.54) is 18.0 Å². The fourth-order valence-corrected chi connectivity index (χ4v) is 4.26. The zero-order chi connectivity index (χ0) is 21.9. The summed E-state index contributed by atoms with van der Waals surface area (Å²) >= 11 is 1.47. The number of hydrazone groups is 1. The van der Waals surface area contributed by atoms with Crippen LogP contribution in [0.3, 0.4) is 0 Å². The van der Waals surface area contributed by atoms with E-state index in [1.54, 1.807) is 24.4 Å². The minimum absolute atomic E-state index is 0.100. The molecule has 0 fully saturated rings. The molecule has 0 saturated carbocycles. The van der Waals surface area contributed by atoms with Crippen molar-refractivity contribution in [3.8, 4) is 5.75 Å². The summed E-state index contributed by atoms with van der Waals surface area (Å²) < 4.78 is 5.79. The maximum atomic E-state index is 12.4. The van der Waals surface area contributed by atoms with E-state index < -0.39 is 5.91 Å². The summed E-state index contributed by atoms with van der Waals surface area (Å²) in [4.78, 5) is 17.9. The van der Waals surface area contributed by atoms with Gasteiger partial charge in [0, 0.05) is 16.5 Å². The first kappa shape index (κ1) is 19.8. The number of para-hydroxylation sites is 1. The maximum absolute atomic E-state index is 12.4. The van der Waals surface area contributed by atoms with Gasteiger partial charge in [0.1, 0.15) is 11.5 Å². The first-order chi connectivity index (χ1) is 15.7. The van der Waals surface area contributed by atoms with Crippen LogP contribution in [-0.2, 0) is 0 Å². The lowest BCUT2D eigenvalue weighted by molar-refractivity contribution is 0.0952. The van der Waals surface area contributed by atoms with E-state index in [0.29, 0.717) is 10.9 Å². The Hall–Kier alpha value is -4.10. The monoisotopic (exact) mass is 439 g/mol. The van der Waals surface area contributed by atoms with Gasteiger partial charge in [-0.25, -0.2) is 5.43 Å². The Labute approximate surface area is 187 Å². The van der Waals surface area contributed by atoms with Gasteiger partial charge in [-0.15, -0.1) is 0 Å². The Morgan fingerprint density at radius 2 is 1.75 bits per heavy atom. The van der Waals surface area contributed by atoms with E-state index in [-0.39, 0.29) is 11.3 Å². The number of aromatic nitrogens is 1. The number of hydrogen-bond acceptors (Lipinski definition) is 6. The van der Waals surface area contributed by atoms with E-state index in [0.717, 1.165) is 26.6 Å². The van der Waals surface area contributed by atoms with Crippen molar-refractivity contribution in [3.63, 3.8) is 0 Å². The number of amides is 1. The van der Waals surface area contributed by atoms with Crippen molar-refractivity contribution in [2.45, 2.75) is 9.99 Å². The number of benzene rings is 3. The number of fused-ring (bicyclic) bond motifs is 2. The molecular formula is C25H17N3O3S. The Balaban J connectivity index is 1.28. The molecule has 0 radical (unpaired) electrons. The van der Waals surface area contributed by atoms with Crippen LogP contribution in [0.15, 0.2) is 105 Å². The fraction of sp³-hybridized carbons (Fsp3) is 0. The number of phenolic OH excluding ortho intramolecular Hbond substituents is 1. The summed E-state index contributed by atoms with van der Waals surface area (Å²) in [6, 6.07) is 24.2. The van der Waals surface area contributed by atoms with E-state index in [1.807, 2.05) is 60.7 Å². The van der Waals surface area contributed by atoms with Crippen molar-refractivity contribution in [2.75, 3.05) is 0 Å². The highest BCUT2D eigenvalue weighted by Crippen LogP contribution is 2.33. The highest BCUT2D eigenvalue weighted by molar-refractivity contribution is 7.99. The van der Waals surface area contributed by atoms with Gasteiger partial charge in [0.15, 0.2) is 5.09 Å². The lowest BCUT2D eigenvalue weighted by atomic mass is 10.1. The fourth-order valence-electron chi connectivity index (χ4n) is 3.35. The van der Waals surface area contributed by atoms with Crippen molar-refractivity contribution < 1.29 is 14.3 Å². The van der Waals surface area contributed by atoms with Crippen molar-refractivity contribution in [3.05, 3.63) is 96.4 Å². The normalized spacial score (nSPS) is 11.4. The van der Waals surface area contributed by atoms with Gasteiger partial charge in [-0.05, 0) is 58.9 Å². The lowest BCUT2D eigenvalue weighted by Gasteiger charge is -2.05. The molecule has 0 saturated heterocycles.